The minimum absolute atomic E-state index is 0.107. The monoisotopic (exact) mass is 436 g/mol. The Labute approximate surface area is 179 Å². The van der Waals surface area contributed by atoms with Crippen molar-refractivity contribution in [3.05, 3.63) is 47.7 Å². The normalized spacial score (nSPS) is 14.4. The first-order valence-corrected chi connectivity index (χ1v) is 9.33. The summed E-state index contributed by atoms with van der Waals surface area (Å²) >= 11 is 0. The molecule has 0 aromatic heterocycles. The van der Waals surface area contributed by atoms with Gasteiger partial charge in [-0.3, -0.25) is 20.2 Å². The van der Waals surface area contributed by atoms with Gasteiger partial charge in [0.1, 0.15) is 6.04 Å². The Kier molecular flexibility index (Phi) is 10.3. The molecule has 8 nitrogen and oxygen atoms in total. The topological polar surface area (TPSA) is 112 Å². The Morgan fingerprint density at radius 2 is 1.97 bits per heavy atom. The molecule has 1 rings (SSSR count). The summed E-state index contributed by atoms with van der Waals surface area (Å²) < 4.78 is 31.6. The molecule has 0 heterocycles. The number of allylic oxidation sites excluding steroid dienone is 1. The smallest absolute Gasteiger partial charge is 0.269 e. The van der Waals surface area contributed by atoms with Crippen LogP contribution in [0.25, 0.3) is 0 Å². The molecule has 2 atom stereocenters. The van der Waals surface area contributed by atoms with Gasteiger partial charge >= 0.3 is 0 Å². The number of nitrogens with one attached hydrogen (secondary N) is 3. The fourth-order valence-corrected chi connectivity index (χ4v) is 2.22. The van der Waals surface area contributed by atoms with Crippen LogP contribution in [0, 0.1) is 11.8 Å². The minimum atomic E-state index is -3.11. The van der Waals surface area contributed by atoms with Gasteiger partial charge < -0.3 is 10.1 Å². The summed E-state index contributed by atoms with van der Waals surface area (Å²) in [6.07, 6.45) is 0.874. The molecular formula is C21H26F2N4O4. The number of hydrazone groups is 1. The number of carbonyl (C=O) groups excluding carboxylic acids is 2. The molecular weight excluding hydrogens is 410 g/mol. The van der Waals surface area contributed by atoms with Crippen molar-refractivity contribution < 1.29 is 28.3 Å². The van der Waals surface area contributed by atoms with E-state index in [4.69, 9.17) is 9.94 Å². The second-order valence-electron chi connectivity index (χ2n) is 6.58. The van der Waals surface area contributed by atoms with Crippen molar-refractivity contribution in [1.82, 2.24) is 16.2 Å². The van der Waals surface area contributed by atoms with Gasteiger partial charge in [0, 0.05) is 36.2 Å². The number of nitrogens with zero attached hydrogens (tertiary/aromatic N) is 1. The highest BCUT2D eigenvalue weighted by molar-refractivity contribution is 5.97. The van der Waals surface area contributed by atoms with Crippen molar-refractivity contribution in [1.29, 1.82) is 0 Å². The van der Waals surface area contributed by atoms with Crippen LogP contribution in [0.1, 0.15) is 43.1 Å². The van der Waals surface area contributed by atoms with E-state index in [0.29, 0.717) is 5.56 Å². The van der Waals surface area contributed by atoms with Crippen LogP contribution in [0.15, 0.2) is 41.6 Å². The number of hydrogen-bond acceptors (Lipinski definition) is 6. The van der Waals surface area contributed by atoms with E-state index in [9.17, 15) is 18.4 Å². The Bertz CT molecular complexity index is 876. The Balaban J connectivity index is 2.88. The van der Waals surface area contributed by atoms with E-state index in [1.807, 2.05) is 13.8 Å². The second kappa shape index (κ2) is 12.4. The van der Waals surface area contributed by atoms with E-state index in [1.54, 1.807) is 24.4 Å². The molecule has 1 aromatic rings. The first-order valence-electron chi connectivity index (χ1n) is 9.33. The van der Waals surface area contributed by atoms with Crippen molar-refractivity contribution in [3.8, 4) is 11.8 Å². The molecule has 0 radical (unpaired) electrons. The highest BCUT2D eigenvalue weighted by atomic mass is 19.3. The van der Waals surface area contributed by atoms with Crippen LogP contribution in [0.5, 0.6) is 0 Å². The first-order chi connectivity index (χ1) is 14.7. The molecule has 0 saturated heterocycles. The fourth-order valence-electron chi connectivity index (χ4n) is 2.22. The molecule has 10 heteroatoms. The number of carbonyl (C=O) groups is 2. The van der Waals surface area contributed by atoms with Gasteiger partial charge in [-0.1, -0.05) is 18.8 Å². The Morgan fingerprint density at radius 1 is 1.32 bits per heavy atom. The maximum Gasteiger partial charge on any atom is 0.269 e. The molecule has 2 unspecified atom stereocenters. The molecule has 31 heavy (non-hydrogen) atoms. The molecule has 168 valence electrons. The summed E-state index contributed by atoms with van der Waals surface area (Å²) in [4.78, 5) is 24.3. The SMILES string of the molecule is CC/C(C)=N/N/C=C/C#Cc1ccc(C(=O)NC(C(=O)NO)C(C)(OC)C(F)F)cc1. The molecule has 0 aliphatic heterocycles. The van der Waals surface area contributed by atoms with E-state index in [1.165, 1.54) is 17.6 Å². The molecule has 0 aliphatic carbocycles. The van der Waals surface area contributed by atoms with Gasteiger partial charge in [-0.25, -0.2) is 14.3 Å². The maximum atomic E-state index is 13.4. The quantitative estimate of drug-likeness (QED) is 0.205. The molecule has 0 saturated carbocycles. The number of halogens is 2. The van der Waals surface area contributed by atoms with Crippen LogP contribution in [0.2, 0.25) is 0 Å². The van der Waals surface area contributed by atoms with E-state index >= 15 is 0 Å². The number of methoxy groups -OCH3 is 1. The standard InChI is InChI=1S/C21H26F2N4O4/c1-5-14(2)26-24-13-7-6-8-15-9-11-16(12-10-15)18(28)25-17(19(29)27-30)21(3,31-4)20(22)23/h7,9-13,17,20,24,30H,5H2,1-4H3,(H,25,28)(H,27,29)/b13-7+,26-14+. The first kappa shape index (κ1) is 25.7. The lowest BCUT2D eigenvalue weighted by Gasteiger charge is -2.34. The molecule has 0 aliphatic rings. The zero-order valence-corrected chi connectivity index (χ0v) is 17.7. The molecule has 1 aromatic carbocycles. The van der Waals surface area contributed by atoms with Gasteiger partial charge in [0.05, 0.1) is 0 Å². The Hall–Kier alpha value is -3.29. The number of rotatable bonds is 9. The summed E-state index contributed by atoms with van der Waals surface area (Å²) in [6.45, 7) is 4.84. The third-order valence-corrected chi connectivity index (χ3v) is 4.47. The van der Waals surface area contributed by atoms with Crippen molar-refractivity contribution in [3.63, 3.8) is 0 Å². The summed E-state index contributed by atoms with van der Waals surface area (Å²) in [7, 11) is 0.977. The second-order valence-corrected chi connectivity index (χ2v) is 6.58. The largest absolute Gasteiger partial charge is 0.370 e. The van der Waals surface area contributed by atoms with E-state index in [0.717, 1.165) is 26.2 Å². The van der Waals surface area contributed by atoms with Crippen molar-refractivity contribution in [2.24, 2.45) is 5.10 Å². The van der Waals surface area contributed by atoms with Gasteiger partial charge in [0.25, 0.3) is 18.2 Å². The number of amides is 2. The third kappa shape index (κ3) is 7.47. The number of hydrogen-bond donors (Lipinski definition) is 4. The van der Waals surface area contributed by atoms with E-state index in [-0.39, 0.29) is 5.56 Å². The van der Waals surface area contributed by atoms with Gasteiger partial charge in [-0.05, 0) is 44.5 Å². The van der Waals surface area contributed by atoms with Crippen molar-refractivity contribution in [2.75, 3.05) is 7.11 Å². The summed E-state index contributed by atoms with van der Waals surface area (Å²) in [5.74, 6) is 3.61. The predicted octanol–water partition coefficient (Wildman–Crippen LogP) is 2.20. The van der Waals surface area contributed by atoms with Gasteiger partial charge in [-0.15, -0.1) is 0 Å². The highest BCUT2D eigenvalue weighted by Gasteiger charge is 2.48. The third-order valence-electron chi connectivity index (χ3n) is 4.47. The highest BCUT2D eigenvalue weighted by Crippen LogP contribution is 2.24. The summed E-state index contributed by atoms with van der Waals surface area (Å²) in [5, 5.41) is 15.1. The average Bonchev–Trinajstić information content (AvgIpc) is 2.78. The minimum Gasteiger partial charge on any atom is -0.370 e. The predicted molar refractivity (Wildman–Crippen MR) is 112 cm³/mol. The molecule has 0 spiro atoms. The Morgan fingerprint density at radius 3 is 2.48 bits per heavy atom. The molecule has 0 bridgehead atoms. The zero-order chi connectivity index (χ0) is 23.4. The molecule has 4 N–H and O–H groups in total. The number of hydroxylamine groups is 1. The summed E-state index contributed by atoms with van der Waals surface area (Å²) in [5.41, 5.74) is 3.32. The van der Waals surface area contributed by atoms with Crippen molar-refractivity contribution >= 4 is 17.5 Å². The molecule has 2 amide bonds. The average molecular weight is 436 g/mol. The fraction of sp³-hybridized carbons (Fsp3) is 0.381. The van der Waals surface area contributed by atoms with Gasteiger partial charge in [0.2, 0.25) is 0 Å². The molecule has 0 fully saturated rings. The van der Waals surface area contributed by atoms with Crippen LogP contribution in [0.3, 0.4) is 0 Å². The lowest BCUT2D eigenvalue weighted by atomic mass is 9.95. The van der Waals surface area contributed by atoms with Gasteiger partial charge in [0.15, 0.2) is 5.60 Å². The number of ether oxygens (including phenoxy) is 1. The van der Waals surface area contributed by atoms with Crippen LogP contribution in [0.4, 0.5) is 8.78 Å². The van der Waals surface area contributed by atoms with Gasteiger partial charge in [-0.2, -0.15) is 5.10 Å². The van der Waals surface area contributed by atoms with E-state index in [2.05, 4.69) is 27.7 Å². The maximum absolute atomic E-state index is 13.4. The number of benzene rings is 1. The lowest BCUT2D eigenvalue weighted by Crippen LogP contribution is -2.62. The zero-order valence-electron chi connectivity index (χ0n) is 17.7. The van der Waals surface area contributed by atoms with Crippen LogP contribution < -0.4 is 16.2 Å². The van der Waals surface area contributed by atoms with E-state index < -0.39 is 29.9 Å². The van der Waals surface area contributed by atoms with Crippen LogP contribution in [-0.4, -0.2) is 47.9 Å². The van der Waals surface area contributed by atoms with Crippen LogP contribution >= 0.6 is 0 Å². The lowest BCUT2D eigenvalue weighted by molar-refractivity contribution is -0.157. The van der Waals surface area contributed by atoms with Crippen molar-refractivity contribution in [2.45, 2.75) is 45.3 Å². The van der Waals surface area contributed by atoms with Crippen LogP contribution in [-0.2, 0) is 9.53 Å². The summed E-state index contributed by atoms with van der Waals surface area (Å²) in [6, 6.07) is 4.14. The number of alkyl halides is 2.